The first-order valence-corrected chi connectivity index (χ1v) is 38.8. The molecule has 0 bridgehead atoms. The second-order valence-electron chi connectivity index (χ2n) is 23.6. The third-order valence-electron chi connectivity index (χ3n) is 14.6. The Balaban J connectivity index is 4.58. The summed E-state index contributed by atoms with van der Waals surface area (Å²) in [6, 6.07) is 0. The number of hydrogen-bond donors (Lipinski definition) is 4. The Hall–Kier alpha value is -4.05. The molecule has 0 saturated heterocycles. The van der Waals surface area contributed by atoms with Crippen molar-refractivity contribution in [1.82, 2.24) is 0 Å². The second-order valence-corrected chi connectivity index (χ2v) is 26.6. The lowest BCUT2D eigenvalue weighted by molar-refractivity contribution is -0.161. The molecule has 18 heteroatoms. The molecule has 5 unspecified atom stereocenters. The number of phosphoric ester groups is 2. The third kappa shape index (κ3) is 69.1. The Morgan fingerprint density at radius 2 is 0.591 bits per heavy atom. The van der Waals surface area contributed by atoms with Gasteiger partial charge in [-0.2, -0.15) is 0 Å². The van der Waals surface area contributed by atoms with E-state index >= 15 is 0 Å². The first-order valence-electron chi connectivity index (χ1n) is 35.8. The molecule has 0 spiro atoms. The summed E-state index contributed by atoms with van der Waals surface area (Å²) in [5, 5.41) is 20.6. The molecule has 0 aromatic carbocycles. The van der Waals surface area contributed by atoms with E-state index in [2.05, 4.69) is 142 Å². The summed E-state index contributed by atoms with van der Waals surface area (Å²) in [7, 11) is -9.79. The fourth-order valence-electron chi connectivity index (χ4n) is 9.17. The fraction of sp³-hybridized carbons (Fsp3) is 0.693. The molecule has 0 heterocycles. The number of esters is 3. The van der Waals surface area contributed by atoms with Crippen molar-refractivity contribution in [3.05, 3.63) is 122 Å². The van der Waals surface area contributed by atoms with Gasteiger partial charge in [0, 0.05) is 19.3 Å². The van der Waals surface area contributed by atoms with E-state index in [-0.39, 0.29) is 19.3 Å². The van der Waals surface area contributed by atoms with Gasteiger partial charge in [0.05, 0.1) is 26.4 Å². The minimum absolute atomic E-state index is 0.0821. The van der Waals surface area contributed by atoms with Gasteiger partial charge >= 0.3 is 33.6 Å². The topological polar surface area (TPSA) is 231 Å². The third-order valence-corrected chi connectivity index (χ3v) is 16.5. The molecule has 0 amide bonds. The zero-order valence-electron chi connectivity index (χ0n) is 57.9. The van der Waals surface area contributed by atoms with Crippen molar-refractivity contribution in [2.24, 2.45) is 0 Å². The molecule has 534 valence electrons. The number of unbranched alkanes of at least 4 members (excludes halogenated alkanes) is 24. The quantitative estimate of drug-likeness (QED) is 0.0146. The highest BCUT2D eigenvalue weighted by Crippen LogP contribution is 2.45. The van der Waals surface area contributed by atoms with Gasteiger partial charge in [0.15, 0.2) is 6.10 Å². The summed E-state index contributed by atoms with van der Waals surface area (Å²) in [6.07, 6.45) is 78.2. The number of carbonyl (C=O) groups excluding carboxylic acids is 3. The summed E-state index contributed by atoms with van der Waals surface area (Å²) in [5.74, 6) is -1.62. The lowest BCUT2D eigenvalue weighted by atomic mass is 10.1. The van der Waals surface area contributed by atoms with Crippen LogP contribution in [0.1, 0.15) is 278 Å². The molecule has 16 nitrogen and oxygen atoms in total. The largest absolute Gasteiger partial charge is 0.472 e. The van der Waals surface area contributed by atoms with E-state index < -0.39 is 91.5 Å². The van der Waals surface area contributed by atoms with Crippen molar-refractivity contribution >= 4 is 33.6 Å². The predicted molar refractivity (Wildman–Crippen MR) is 380 cm³/mol. The predicted octanol–water partition coefficient (Wildman–Crippen LogP) is 20.2. The van der Waals surface area contributed by atoms with Gasteiger partial charge in [-0.25, -0.2) is 9.13 Å². The van der Waals surface area contributed by atoms with E-state index in [1.165, 1.54) is 51.4 Å². The van der Waals surface area contributed by atoms with E-state index in [1.807, 2.05) is 0 Å². The Morgan fingerprint density at radius 3 is 0.946 bits per heavy atom. The second kappa shape index (κ2) is 67.9. The van der Waals surface area contributed by atoms with Gasteiger partial charge in [0.1, 0.15) is 25.4 Å². The van der Waals surface area contributed by atoms with Gasteiger partial charge in [-0.05, 0) is 128 Å². The number of aliphatic hydroxyl groups excluding tert-OH is 2. The van der Waals surface area contributed by atoms with Crippen molar-refractivity contribution in [2.45, 2.75) is 296 Å². The molecular weight excluding hydrogens is 1220 g/mol. The number of phosphoric acid groups is 2. The molecular formula is C75H128O16P2. The molecule has 0 saturated carbocycles. The Morgan fingerprint density at radius 1 is 0.312 bits per heavy atom. The first-order chi connectivity index (χ1) is 45.2. The Labute approximate surface area is 563 Å². The van der Waals surface area contributed by atoms with Gasteiger partial charge in [0.25, 0.3) is 0 Å². The highest BCUT2D eigenvalue weighted by Gasteiger charge is 2.29. The van der Waals surface area contributed by atoms with Crippen LogP contribution in [0.4, 0.5) is 0 Å². The van der Waals surface area contributed by atoms with Crippen LogP contribution < -0.4 is 0 Å². The van der Waals surface area contributed by atoms with E-state index in [1.54, 1.807) is 0 Å². The Bertz CT molecular complexity index is 2180. The zero-order valence-corrected chi connectivity index (χ0v) is 59.7. The van der Waals surface area contributed by atoms with Gasteiger partial charge in [-0.1, -0.05) is 251 Å². The van der Waals surface area contributed by atoms with Crippen molar-refractivity contribution in [3.8, 4) is 0 Å². The van der Waals surface area contributed by atoms with Crippen LogP contribution in [0.5, 0.6) is 0 Å². The maximum absolute atomic E-state index is 12.9. The SMILES string of the molecule is CC/C=C\C/C=C\C/C=C\C/C=C\CCCCCCCCC(=O)OCC(COP(=O)(O)OCC(O)COP(=O)(O)OCC(O)COC(=O)CCCCCCCCCCC/C=C\C/C=C\C/C=C\C/C=C\CCCCC)OC(=O)CCCCCCC/C=C\C/C=C\CCC. The van der Waals surface area contributed by atoms with Crippen molar-refractivity contribution in [3.63, 3.8) is 0 Å². The minimum Gasteiger partial charge on any atom is -0.463 e. The molecule has 0 aromatic heterocycles. The fourth-order valence-corrected chi connectivity index (χ4v) is 10.8. The van der Waals surface area contributed by atoms with E-state index in [9.17, 15) is 43.5 Å². The lowest BCUT2D eigenvalue weighted by Gasteiger charge is -2.21. The molecule has 0 rings (SSSR count). The molecule has 4 N–H and O–H groups in total. The average Bonchev–Trinajstić information content (AvgIpc) is 3.74. The summed E-state index contributed by atoms with van der Waals surface area (Å²) in [5.41, 5.74) is 0. The van der Waals surface area contributed by atoms with Crippen molar-refractivity contribution in [2.75, 3.05) is 39.6 Å². The standard InChI is InChI=1S/C75H128O16P2/c1-4-7-10-13-16-19-22-25-27-29-31-32-33-34-35-36-38-40-41-44-46-49-52-55-58-61-73(78)85-64-70(76)65-87-92(81,82)88-66-71(77)67-89-93(83,84)90-69-72(91-75(80)63-60-57-54-51-48-43-24-21-18-15-12-9-6-3)68-86-74(79)62-59-56-53-50-47-45-42-39-37-30-28-26-23-20-17-14-11-8-5-2/h8,11-12,15-17,19-21,24-28,31-32,34-35,37,39,70-72,76-77H,4-7,9-10,13-14,18,22-23,29-30,33,36,38,40-69H2,1-3H3,(H,81,82)(H,83,84)/b11-8-,15-12-,19-16-,20-17-,24-21-,27-25-,28-26-,32-31-,35-34-,39-37-. The van der Waals surface area contributed by atoms with E-state index in [0.717, 1.165) is 167 Å². The lowest BCUT2D eigenvalue weighted by Crippen LogP contribution is -2.30. The van der Waals surface area contributed by atoms with Crippen LogP contribution in [0.15, 0.2) is 122 Å². The molecule has 0 aliphatic rings. The van der Waals surface area contributed by atoms with Crippen molar-refractivity contribution < 1.29 is 75.8 Å². The van der Waals surface area contributed by atoms with Crippen LogP contribution in [0.2, 0.25) is 0 Å². The van der Waals surface area contributed by atoms with E-state index in [0.29, 0.717) is 19.3 Å². The molecule has 0 radical (unpaired) electrons. The minimum atomic E-state index is -4.93. The maximum atomic E-state index is 12.9. The van der Waals surface area contributed by atoms with Crippen LogP contribution in [-0.4, -0.2) is 95.9 Å². The number of aliphatic hydroxyl groups is 2. The molecule has 0 aliphatic heterocycles. The summed E-state index contributed by atoms with van der Waals surface area (Å²) >= 11 is 0. The highest BCUT2D eigenvalue weighted by atomic mass is 31.2. The van der Waals surface area contributed by atoms with Crippen LogP contribution in [-0.2, 0) is 55.8 Å². The van der Waals surface area contributed by atoms with Gasteiger partial charge < -0.3 is 34.2 Å². The summed E-state index contributed by atoms with van der Waals surface area (Å²) < 4.78 is 60.9. The monoisotopic (exact) mass is 1350 g/mol. The summed E-state index contributed by atoms with van der Waals surface area (Å²) in [6.45, 7) is 2.42. The maximum Gasteiger partial charge on any atom is 0.472 e. The van der Waals surface area contributed by atoms with Gasteiger partial charge in [-0.3, -0.25) is 32.5 Å². The number of hydrogen-bond acceptors (Lipinski definition) is 14. The van der Waals surface area contributed by atoms with Crippen LogP contribution in [0, 0.1) is 0 Å². The number of carbonyl (C=O) groups is 3. The van der Waals surface area contributed by atoms with E-state index in [4.69, 9.17) is 32.3 Å². The average molecular weight is 1350 g/mol. The molecule has 5 atom stereocenters. The van der Waals surface area contributed by atoms with Gasteiger partial charge in [0.2, 0.25) is 0 Å². The summed E-state index contributed by atoms with van der Waals surface area (Å²) in [4.78, 5) is 58.4. The Kier molecular flexibility index (Phi) is 65.0. The number of ether oxygens (including phenoxy) is 3. The van der Waals surface area contributed by atoms with Crippen LogP contribution in [0.25, 0.3) is 0 Å². The molecule has 93 heavy (non-hydrogen) atoms. The first kappa shape index (κ1) is 89.0. The number of allylic oxidation sites excluding steroid dienone is 20. The zero-order chi connectivity index (χ0) is 68.1. The van der Waals surface area contributed by atoms with Crippen LogP contribution >= 0.6 is 15.6 Å². The molecule has 0 fully saturated rings. The van der Waals surface area contributed by atoms with Crippen molar-refractivity contribution in [1.29, 1.82) is 0 Å². The smallest absolute Gasteiger partial charge is 0.463 e. The molecule has 0 aromatic rings. The number of rotatable bonds is 67. The normalized spacial score (nSPS) is 14.9. The molecule has 0 aliphatic carbocycles. The van der Waals surface area contributed by atoms with Gasteiger partial charge in [-0.15, -0.1) is 0 Å². The highest BCUT2D eigenvalue weighted by molar-refractivity contribution is 7.47. The van der Waals surface area contributed by atoms with Crippen LogP contribution in [0.3, 0.4) is 0 Å².